The van der Waals surface area contributed by atoms with Crippen LogP contribution < -0.4 is 4.90 Å². The van der Waals surface area contributed by atoms with E-state index < -0.39 is 32.2 Å². The Morgan fingerprint density at radius 1 is 1.26 bits per heavy atom. The molecule has 3 heterocycles. The van der Waals surface area contributed by atoms with E-state index in [1.165, 1.54) is 23.1 Å². The van der Waals surface area contributed by atoms with Gasteiger partial charge >= 0.3 is 13.9 Å². The molecule has 4 N–H and O–H groups in total. The maximum Gasteiger partial charge on any atom is 0.466 e. The fourth-order valence-corrected chi connectivity index (χ4v) is 2.91. The van der Waals surface area contributed by atoms with E-state index in [2.05, 4.69) is 20.4 Å². The van der Waals surface area contributed by atoms with Gasteiger partial charge in [0.2, 0.25) is 12.2 Å². The minimum atomic E-state index is -4.64. The fraction of sp³-hybridized carbons (Fsp3) is 0.278. The molecule has 16 heteroatoms. The normalized spacial score (nSPS) is 16.6. The van der Waals surface area contributed by atoms with Crippen LogP contribution in [-0.4, -0.2) is 70.1 Å². The maximum atomic E-state index is 14.7. The van der Waals surface area contributed by atoms with Crippen LogP contribution in [-0.2, 0) is 15.8 Å². The average molecular weight is 500 g/mol. The van der Waals surface area contributed by atoms with Gasteiger partial charge < -0.3 is 24.5 Å². The quantitative estimate of drug-likeness (QED) is 0.370. The molecule has 1 saturated heterocycles. The molecule has 1 amide bonds. The lowest BCUT2D eigenvalue weighted by Crippen LogP contribution is -2.28. The Bertz CT molecular complexity index is 1200. The highest BCUT2D eigenvalue weighted by atomic mass is 31.2. The van der Waals surface area contributed by atoms with Gasteiger partial charge in [-0.2, -0.15) is 4.80 Å². The first-order valence-corrected chi connectivity index (χ1v) is 11.2. The second-order valence-corrected chi connectivity index (χ2v) is 7.84. The van der Waals surface area contributed by atoms with Crippen molar-refractivity contribution in [2.24, 2.45) is 0 Å². The van der Waals surface area contributed by atoms with Crippen LogP contribution in [0.15, 0.2) is 36.5 Å². The third kappa shape index (κ3) is 6.36. The summed E-state index contributed by atoms with van der Waals surface area (Å²) in [5, 5.41) is 20.9. The van der Waals surface area contributed by atoms with E-state index in [-0.39, 0.29) is 17.8 Å². The fourth-order valence-electron chi connectivity index (χ4n) is 2.91. The molecule has 1 fully saturated rings. The number of rotatable bonds is 5. The Labute approximate surface area is 190 Å². The highest BCUT2D eigenvalue weighted by Gasteiger charge is 2.37. The molecule has 0 aliphatic carbocycles. The number of cyclic esters (lactones) is 1. The van der Waals surface area contributed by atoms with Crippen molar-refractivity contribution in [3.05, 3.63) is 42.3 Å². The van der Waals surface area contributed by atoms with Crippen LogP contribution in [0.4, 0.5) is 19.3 Å². The van der Waals surface area contributed by atoms with Gasteiger partial charge in [-0.05, 0) is 36.4 Å². The minimum Gasteiger partial charge on any atom is -0.438 e. The van der Waals surface area contributed by atoms with Gasteiger partial charge in [0.05, 0.1) is 18.8 Å². The first kappa shape index (κ1) is 25.3. The number of ether oxygens (including phenoxy) is 1. The van der Waals surface area contributed by atoms with E-state index >= 15 is 0 Å². The van der Waals surface area contributed by atoms with Crippen molar-refractivity contribution in [1.82, 2.24) is 25.2 Å². The van der Waals surface area contributed by atoms with Gasteiger partial charge in [-0.25, -0.2) is 18.1 Å². The van der Waals surface area contributed by atoms with Gasteiger partial charge in [0.1, 0.15) is 11.5 Å². The number of aromatic nitrogens is 5. The highest BCUT2D eigenvalue weighted by Crippen LogP contribution is 2.30. The van der Waals surface area contributed by atoms with Crippen LogP contribution in [0.3, 0.4) is 0 Å². The number of pyridine rings is 1. The molecule has 1 aliphatic heterocycles. The lowest BCUT2D eigenvalue weighted by Gasteiger charge is -2.14. The molecular weight excluding hydrogens is 481 g/mol. The van der Waals surface area contributed by atoms with Gasteiger partial charge in [0.25, 0.3) is 0 Å². The molecule has 1 aliphatic rings. The molecule has 2 atom stereocenters. The zero-order valence-electron chi connectivity index (χ0n) is 17.4. The molecule has 0 saturated carbocycles. The van der Waals surface area contributed by atoms with Crippen LogP contribution in [0.2, 0.25) is 0 Å². The summed E-state index contributed by atoms with van der Waals surface area (Å²) in [7, 11) is -4.64. The molecule has 3 aromatic rings. The third-order valence-electron chi connectivity index (χ3n) is 4.45. The lowest BCUT2D eigenvalue weighted by molar-refractivity contribution is -0.0503. The summed E-state index contributed by atoms with van der Waals surface area (Å²) in [5.41, 5.74) is 1.49. The van der Waals surface area contributed by atoms with Crippen molar-refractivity contribution in [3.63, 3.8) is 0 Å². The van der Waals surface area contributed by atoms with Gasteiger partial charge in [-0.15, -0.1) is 10.2 Å². The number of amides is 1. The number of aliphatic hydroxyl groups excluding tert-OH is 1. The largest absolute Gasteiger partial charge is 0.466 e. The van der Waals surface area contributed by atoms with E-state index in [0.29, 0.717) is 23.6 Å². The van der Waals surface area contributed by atoms with Crippen molar-refractivity contribution >= 4 is 19.6 Å². The predicted octanol–water partition coefficient (Wildman–Crippen LogP) is 1.25. The Balaban J connectivity index is 0.000000588. The number of hydrogen-bond donors (Lipinski definition) is 4. The van der Waals surface area contributed by atoms with Crippen LogP contribution in [0.1, 0.15) is 6.92 Å². The third-order valence-corrected chi connectivity index (χ3v) is 4.45. The Kier molecular flexibility index (Phi) is 7.64. The number of carbonyl (C=O) groups excluding carboxylic acids is 1. The van der Waals surface area contributed by atoms with E-state index in [0.717, 1.165) is 11.0 Å². The van der Waals surface area contributed by atoms with Crippen LogP contribution >= 0.6 is 7.82 Å². The molecule has 182 valence electrons. The zero-order valence-corrected chi connectivity index (χ0v) is 18.3. The number of phosphoric acid groups is 1. The van der Waals surface area contributed by atoms with Gasteiger partial charge in [0.15, 0.2) is 6.10 Å². The van der Waals surface area contributed by atoms with E-state index in [9.17, 15) is 13.6 Å². The molecule has 4 rings (SSSR count). The predicted molar refractivity (Wildman–Crippen MR) is 111 cm³/mol. The standard InChI is InChI=1S/C18H16F2N6O3.H3O4P/c1-2-26-23-17(22-24-26)14-6-3-10(8-21-14)12-5-4-11(7-13(12)19)25-9-15(16(20)27)29-18(25)28;1-5(2,3)4/h3-8,15-16,27H,2,9H2,1H3;(H3,1,2,3,4)/t15-,16?;/m0./s1. The number of aryl methyl sites for hydroxylation is 1. The SMILES string of the molecule is CCn1nnc(-c2ccc(-c3ccc(N4C[C@@H](C(O)F)OC4=O)cc3F)cn2)n1.O=P(O)(O)O. The number of anilines is 1. The monoisotopic (exact) mass is 500 g/mol. The maximum absolute atomic E-state index is 14.7. The van der Waals surface area contributed by atoms with Crippen molar-refractivity contribution in [1.29, 1.82) is 0 Å². The van der Waals surface area contributed by atoms with E-state index in [4.69, 9.17) is 29.1 Å². The van der Waals surface area contributed by atoms with Crippen molar-refractivity contribution < 1.29 is 42.7 Å². The van der Waals surface area contributed by atoms with Crippen molar-refractivity contribution in [2.45, 2.75) is 25.9 Å². The number of benzene rings is 1. The number of alkyl halides is 1. The second kappa shape index (κ2) is 10.3. The van der Waals surface area contributed by atoms with E-state index in [1.54, 1.807) is 12.1 Å². The Morgan fingerprint density at radius 2 is 1.97 bits per heavy atom. The Morgan fingerprint density at radius 3 is 2.47 bits per heavy atom. The molecule has 0 spiro atoms. The summed E-state index contributed by atoms with van der Waals surface area (Å²) in [6.45, 7) is 2.26. The number of hydrogen-bond acceptors (Lipinski definition) is 8. The summed E-state index contributed by atoms with van der Waals surface area (Å²) in [6.07, 6.45) is -2.97. The number of aliphatic hydroxyl groups is 1. The second-order valence-electron chi connectivity index (χ2n) is 6.82. The van der Waals surface area contributed by atoms with Crippen molar-refractivity contribution in [3.8, 4) is 22.6 Å². The number of nitrogens with zero attached hydrogens (tertiary/aromatic N) is 6. The summed E-state index contributed by atoms with van der Waals surface area (Å²) < 4.78 is 41.2. The summed E-state index contributed by atoms with van der Waals surface area (Å²) in [5.74, 6) is -0.226. The first-order valence-electron chi connectivity index (χ1n) is 9.59. The number of carbonyl (C=O) groups is 1. The number of halogens is 2. The average Bonchev–Trinajstić information content (AvgIpc) is 3.39. The molecule has 0 bridgehead atoms. The van der Waals surface area contributed by atoms with Crippen molar-refractivity contribution in [2.75, 3.05) is 11.4 Å². The van der Waals surface area contributed by atoms with Crippen LogP contribution in [0.25, 0.3) is 22.6 Å². The minimum absolute atomic E-state index is 0.198. The Hall–Kier alpha value is -3.36. The number of tetrazole rings is 1. The molecule has 34 heavy (non-hydrogen) atoms. The van der Waals surface area contributed by atoms with Crippen LogP contribution in [0, 0.1) is 5.82 Å². The first-order chi connectivity index (χ1) is 16.0. The molecule has 1 unspecified atom stereocenters. The zero-order chi connectivity index (χ0) is 25.0. The van der Waals surface area contributed by atoms with Gasteiger partial charge in [-0.1, -0.05) is 6.07 Å². The molecule has 1 aromatic carbocycles. The van der Waals surface area contributed by atoms with E-state index in [1.807, 2.05) is 6.92 Å². The molecule has 13 nitrogen and oxygen atoms in total. The molecular formula is C18H19F2N6O7P. The molecule has 0 radical (unpaired) electrons. The summed E-state index contributed by atoms with van der Waals surface area (Å²) in [6, 6.07) is 7.47. The molecule has 2 aromatic heterocycles. The van der Waals surface area contributed by atoms with Gasteiger partial charge in [0, 0.05) is 17.3 Å². The highest BCUT2D eigenvalue weighted by molar-refractivity contribution is 7.45. The lowest BCUT2D eigenvalue weighted by atomic mass is 10.1. The smallest absolute Gasteiger partial charge is 0.438 e. The summed E-state index contributed by atoms with van der Waals surface area (Å²) >= 11 is 0. The summed E-state index contributed by atoms with van der Waals surface area (Å²) in [4.78, 5) is 40.1. The van der Waals surface area contributed by atoms with Gasteiger partial charge in [-0.3, -0.25) is 9.88 Å². The topological polar surface area (TPSA) is 184 Å². The van der Waals surface area contributed by atoms with Crippen LogP contribution in [0.5, 0.6) is 0 Å².